The van der Waals surface area contributed by atoms with Gasteiger partial charge in [-0.3, -0.25) is 14.3 Å². The van der Waals surface area contributed by atoms with Crippen LogP contribution >= 0.6 is 11.6 Å². The van der Waals surface area contributed by atoms with E-state index >= 15 is 0 Å². The molecule has 8 nitrogen and oxygen atoms in total. The van der Waals surface area contributed by atoms with Gasteiger partial charge in [-0.05, 0) is 24.3 Å². The number of hydrogen-bond donors (Lipinski definition) is 2. The first-order valence-corrected chi connectivity index (χ1v) is 5.80. The van der Waals surface area contributed by atoms with E-state index < -0.39 is 34.4 Å². The Morgan fingerprint density at radius 3 is 2.18 bits per heavy atom. The number of carbonyl (C=O) groups is 2. The third-order valence-corrected chi connectivity index (χ3v) is 2.86. The molecule has 0 aliphatic rings. The number of hydrogen-bond acceptors (Lipinski definition) is 5. The molecule has 22 heavy (non-hydrogen) atoms. The molecule has 0 saturated heterocycles. The minimum Gasteiger partial charge on any atom is -0.543 e. The maximum absolute atomic E-state index is 11.8. The summed E-state index contributed by atoms with van der Waals surface area (Å²) in [5, 5.41) is 20.5. The third kappa shape index (κ3) is 3.30. The first-order valence-electron chi connectivity index (χ1n) is 5.43. The molecule has 1 aromatic carbocycles. The second-order valence-corrected chi connectivity index (χ2v) is 4.32. The van der Waals surface area contributed by atoms with Crippen LogP contribution in [-0.2, 0) is 0 Å². The van der Waals surface area contributed by atoms with E-state index in [-0.39, 0.29) is 35.2 Å². The first-order chi connectivity index (χ1) is 9.82. The summed E-state index contributed by atoms with van der Waals surface area (Å²) in [5.41, 5.74) is -4.55. The number of carboxylic acids is 2. The smallest absolute Gasteiger partial charge is 0.543 e. The van der Waals surface area contributed by atoms with Gasteiger partial charge in [0.15, 0.2) is 5.56 Å². The number of aromatic nitrogens is 2. The van der Waals surface area contributed by atoms with Crippen molar-refractivity contribution in [3.63, 3.8) is 0 Å². The van der Waals surface area contributed by atoms with Gasteiger partial charge in [-0.2, -0.15) is 0 Å². The molecule has 0 amide bonds. The van der Waals surface area contributed by atoms with Crippen molar-refractivity contribution in [1.82, 2.24) is 9.55 Å². The molecular weight excluding hydrogens is 327 g/mol. The van der Waals surface area contributed by atoms with Crippen molar-refractivity contribution < 1.29 is 49.4 Å². The van der Waals surface area contributed by atoms with Crippen molar-refractivity contribution in [1.29, 1.82) is 0 Å². The molecule has 0 radical (unpaired) electrons. The SMILES string of the molecule is O=C(O)c1c(C(=O)[O-])n(-c2ccc(Cl)cc2)c(=O)[nH]c1=O.[Na+]. The number of halogens is 1. The summed E-state index contributed by atoms with van der Waals surface area (Å²) in [7, 11) is 0. The van der Waals surface area contributed by atoms with Crippen molar-refractivity contribution >= 4 is 23.5 Å². The molecule has 108 valence electrons. The van der Waals surface area contributed by atoms with Crippen molar-refractivity contribution in [3.05, 3.63) is 61.4 Å². The Bertz CT molecular complexity index is 855. The second kappa shape index (κ2) is 6.93. The molecule has 0 unspecified atom stereocenters. The van der Waals surface area contributed by atoms with Gasteiger partial charge >= 0.3 is 41.2 Å². The van der Waals surface area contributed by atoms with Gasteiger partial charge in [-0.1, -0.05) is 11.6 Å². The molecule has 1 heterocycles. The van der Waals surface area contributed by atoms with Crippen LogP contribution in [0.1, 0.15) is 20.8 Å². The van der Waals surface area contributed by atoms with Crippen LogP contribution in [0.3, 0.4) is 0 Å². The standard InChI is InChI=1S/C12H7ClN2O6.Na/c13-5-1-3-6(4-2-5)15-8(11(19)20)7(10(17)18)9(16)14-12(15)21;/h1-4H,(H,17,18)(H,19,20)(H,14,16,21);/q;+1/p-1. The molecule has 2 N–H and O–H groups in total. The first kappa shape index (κ1) is 18.2. The minimum atomic E-state index is -1.97. The number of carbonyl (C=O) groups excluding carboxylic acids is 1. The third-order valence-electron chi connectivity index (χ3n) is 2.60. The molecule has 10 heteroatoms. The van der Waals surface area contributed by atoms with Gasteiger partial charge in [0.25, 0.3) is 5.56 Å². The van der Waals surface area contributed by atoms with Crippen molar-refractivity contribution in [2.75, 3.05) is 0 Å². The van der Waals surface area contributed by atoms with Gasteiger partial charge in [-0.25, -0.2) is 9.59 Å². The maximum atomic E-state index is 11.8. The topological polar surface area (TPSA) is 132 Å². The van der Waals surface area contributed by atoms with Gasteiger partial charge in [-0.15, -0.1) is 0 Å². The average Bonchev–Trinajstić information content (AvgIpc) is 2.38. The number of H-pyrrole nitrogens is 1. The summed E-state index contributed by atoms with van der Waals surface area (Å²) >= 11 is 5.68. The number of aromatic carboxylic acids is 2. The largest absolute Gasteiger partial charge is 1.00 e. The molecule has 2 aromatic rings. The van der Waals surface area contributed by atoms with Crippen LogP contribution < -0.4 is 45.9 Å². The van der Waals surface area contributed by atoms with E-state index in [4.69, 9.17) is 16.7 Å². The molecule has 0 fully saturated rings. The fourth-order valence-electron chi connectivity index (χ4n) is 1.76. The van der Waals surface area contributed by atoms with Crippen LogP contribution in [0.15, 0.2) is 33.9 Å². The van der Waals surface area contributed by atoms with Crippen LogP contribution in [0, 0.1) is 0 Å². The molecule has 0 atom stereocenters. The summed E-state index contributed by atoms with van der Waals surface area (Å²) in [4.78, 5) is 47.3. The summed E-state index contributed by atoms with van der Waals surface area (Å²) < 4.78 is 0.524. The van der Waals surface area contributed by atoms with Crippen molar-refractivity contribution in [3.8, 4) is 5.69 Å². The zero-order valence-electron chi connectivity index (χ0n) is 11.1. The predicted octanol–water partition coefficient (Wildman–Crippen LogP) is -3.76. The van der Waals surface area contributed by atoms with Crippen LogP contribution in [-0.4, -0.2) is 26.6 Å². The second-order valence-electron chi connectivity index (χ2n) is 3.89. The van der Waals surface area contributed by atoms with E-state index in [1.807, 2.05) is 0 Å². The molecule has 2 rings (SSSR count). The average molecular weight is 333 g/mol. The number of nitrogens with zero attached hydrogens (tertiary/aromatic N) is 1. The van der Waals surface area contributed by atoms with E-state index in [2.05, 4.69) is 0 Å². The van der Waals surface area contributed by atoms with E-state index in [1.165, 1.54) is 24.3 Å². The van der Waals surface area contributed by atoms with E-state index in [1.54, 1.807) is 4.98 Å². The van der Waals surface area contributed by atoms with Crippen LogP contribution in [0.5, 0.6) is 0 Å². The van der Waals surface area contributed by atoms with Crippen LogP contribution in [0.2, 0.25) is 5.02 Å². The Balaban J connectivity index is 0.00000242. The van der Waals surface area contributed by atoms with Gasteiger partial charge in [0, 0.05) is 5.02 Å². The fourth-order valence-corrected chi connectivity index (χ4v) is 1.89. The Hall–Kier alpha value is -1.87. The molecule has 0 aliphatic carbocycles. The maximum Gasteiger partial charge on any atom is 1.00 e. The minimum absolute atomic E-state index is 0. The van der Waals surface area contributed by atoms with Crippen molar-refractivity contribution in [2.24, 2.45) is 0 Å². The zero-order chi connectivity index (χ0) is 15.7. The molecule has 0 saturated carbocycles. The Kier molecular flexibility index (Phi) is 5.72. The summed E-state index contributed by atoms with van der Waals surface area (Å²) in [5.74, 6) is -3.76. The number of carboxylic acid groups (broad SMARTS) is 2. The van der Waals surface area contributed by atoms with Gasteiger partial charge in [0.05, 0.1) is 17.4 Å². The number of benzene rings is 1. The summed E-state index contributed by atoms with van der Waals surface area (Å²) in [6, 6.07) is 5.32. The van der Waals surface area contributed by atoms with Crippen LogP contribution in [0.25, 0.3) is 5.69 Å². The van der Waals surface area contributed by atoms with E-state index in [0.717, 1.165) is 0 Å². The quantitative estimate of drug-likeness (QED) is 0.555. The molecule has 0 spiro atoms. The Labute approximate surface area is 149 Å². The Morgan fingerprint density at radius 1 is 1.18 bits per heavy atom. The predicted molar refractivity (Wildman–Crippen MR) is 69.0 cm³/mol. The normalized spacial score (nSPS) is 9.86. The Morgan fingerprint density at radius 2 is 1.73 bits per heavy atom. The molecular formula is C12H6ClN2NaO6. The molecule has 1 aromatic heterocycles. The van der Waals surface area contributed by atoms with Crippen molar-refractivity contribution in [2.45, 2.75) is 0 Å². The fraction of sp³-hybridized carbons (Fsp3) is 0. The van der Waals surface area contributed by atoms with Gasteiger partial charge < -0.3 is 15.0 Å². The van der Waals surface area contributed by atoms with Crippen LogP contribution in [0.4, 0.5) is 0 Å². The van der Waals surface area contributed by atoms with E-state index in [0.29, 0.717) is 9.59 Å². The molecule has 0 bridgehead atoms. The molecule has 0 aliphatic heterocycles. The van der Waals surface area contributed by atoms with E-state index in [9.17, 15) is 24.3 Å². The summed E-state index contributed by atoms with van der Waals surface area (Å²) in [6.07, 6.45) is 0. The monoisotopic (exact) mass is 332 g/mol. The summed E-state index contributed by atoms with van der Waals surface area (Å²) in [6.45, 7) is 0. The van der Waals surface area contributed by atoms with Gasteiger partial charge in [0.1, 0.15) is 0 Å². The number of rotatable bonds is 3. The number of nitrogens with one attached hydrogen (secondary N) is 1. The van der Waals surface area contributed by atoms with Gasteiger partial charge in [0.2, 0.25) is 0 Å². The number of aromatic amines is 1. The zero-order valence-corrected chi connectivity index (χ0v) is 13.9.